The number of hydrogen-bond donors (Lipinski definition) is 2. The Hall–Kier alpha value is -2.55. The van der Waals surface area contributed by atoms with Crippen molar-refractivity contribution in [3.8, 4) is 11.3 Å². The van der Waals surface area contributed by atoms with Crippen molar-refractivity contribution in [3.05, 3.63) is 46.2 Å². The van der Waals surface area contributed by atoms with Gasteiger partial charge in [0.1, 0.15) is 11.3 Å². The molecule has 0 bridgehead atoms. The topological polar surface area (TPSA) is 75.7 Å². The number of hydrogen-bond acceptors (Lipinski definition) is 2. The molecule has 1 aromatic carbocycles. The Labute approximate surface area is 154 Å². The van der Waals surface area contributed by atoms with Crippen molar-refractivity contribution >= 4 is 39.4 Å². The van der Waals surface area contributed by atoms with Crippen LogP contribution in [0.3, 0.4) is 0 Å². The molecule has 2 heterocycles. The van der Waals surface area contributed by atoms with Gasteiger partial charge in [0.05, 0.1) is 16.7 Å². The lowest BCUT2D eigenvalue weighted by molar-refractivity contribution is -0.120. The smallest absolute Gasteiger partial charge is 0.366 e. The second kappa shape index (κ2) is 6.64. The van der Waals surface area contributed by atoms with Crippen molar-refractivity contribution in [1.29, 1.82) is 0 Å². The number of aromatic amines is 1. The summed E-state index contributed by atoms with van der Waals surface area (Å²) in [4.78, 5) is 18.3. The molecule has 0 spiro atoms. The molecule has 3 aromatic rings. The number of nitrogens with two attached hydrogens (primary N) is 1. The van der Waals surface area contributed by atoms with Gasteiger partial charge in [0.2, 0.25) is 5.91 Å². The lowest BCUT2D eigenvalue weighted by atomic mass is 10.0. The molecule has 0 aliphatic rings. The molecule has 5 nitrogen and oxygen atoms in total. The molecule has 0 aliphatic carbocycles. The number of aliphatic imine (C=N–C) groups is 1. The number of carbonyl (C=O) groups excluding carboxylic acids is 1. The predicted octanol–water partition coefficient (Wildman–Crippen LogP) is 4.76. The highest BCUT2D eigenvalue weighted by atomic mass is 79.9. The number of H-pyrrole nitrogens is 1. The zero-order valence-corrected chi connectivity index (χ0v) is 15.1. The van der Waals surface area contributed by atoms with E-state index in [-0.39, 0.29) is 0 Å². The van der Waals surface area contributed by atoms with Gasteiger partial charge < -0.3 is 10.7 Å². The highest BCUT2D eigenvalue weighted by Crippen LogP contribution is 2.33. The number of amides is 1. The SMILES string of the molecule is Cc1cc(-c2c[nH]c3c(N=CCC(F)(F)F)cc(Br)n23)ccc1C(N)=O. The Balaban J connectivity index is 2.02. The van der Waals surface area contributed by atoms with Crippen LogP contribution in [0.2, 0.25) is 0 Å². The number of primary amides is 1. The molecular weight excluding hydrogens is 413 g/mol. The summed E-state index contributed by atoms with van der Waals surface area (Å²) in [6.07, 6.45) is -2.82. The molecule has 0 saturated carbocycles. The maximum absolute atomic E-state index is 12.3. The zero-order valence-electron chi connectivity index (χ0n) is 13.6. The Kier molecular flexibility index (Phi) is 4.66. The summed E-state index contributed by atoms with van der Waals surface area (Å²) in [7, 11) is 0. The van der Waals surface area contributed by atoms with Crippen LogP contribution in [0.1, 0.15) is 22.3 Å². The van der Waals surface area contributed by atoms with E-state index in [1.54, 1.807) is 35.7 Å². The van der Waals surface area contributed by atoms with Gasteiger partial charge in [-0.15, -0.1) is 0 Å². The maximum atomic E-state index is 12.3. The molecule has 0 unspecified atom stereocenters. The highest BCUT2D eigenvalue weighted by molar-refractivity contribution is 9.10. The first-order valence-electron chi connectivity index (χ1n) is 7.56. The van der Waals surface area contributed by atoms with Crippen LogP contribution in [0.4, 0.5) is 18.9 Å². The van der Waals surface area contributed by atoms with Crippen LogP contribution in [-0.2, 0) is 0 Å². The molecule has 0 aliphatic heterocycles. The fourth-order valence-electron chi connectivity index (χ4n) is 2.70. The van der Waals surface area contributed by atoms with Gasteiger partial charge >= 0.3 is 6.18 Å². The average Bonchev–Trinajstić information content (AvgIpc) is 3.08. The van der Waals surface area contributed by atoms with E-state index >= 15 is 0 Å². The minimum atomic E-state index is -4.29. The third-order valence-electron chi connectivity index (χ3n) is 3.86. The number of nitrogens with zero attached hydrogens (tertiary/aromatic N) is 2. The van der Waals surface area contributed by atoms with E-state index in [9.17, 15) is 18.0 Å². The van der Waals surface area contributed by atoms with Crippen molar-refractivity contribution in [3.63, 3.8) is 0 Å². The molecule has 0 radical (unpaired) electrons. The van der Waals surface area contributed by atoms with Crippen LogP contribution in [0.25, 0.3) is 16.9 Å². The van der Waals surface area contributed by atoms with Crippen molar-refractivity contribution in [2.75, 3.05) is 0 Å². The lowest BCUT2D eigenvalue weighted by Gasteiger charge is -2.06. The number of fused-ring (bicyclic) bond motifs is 1. The van der Waals surface area contributed by atoms with Gasteiger partial charge in [0.25, 0.3) is 0 Å². The summed E-state index contributed by atoms with van der Waals surface area (Å²) in [6.45, 7) is 1.78. The van der Waals surface area contributed by atoms with Gasteiger partial charge in [0.15, 0.2) is 0 Å². The van der Waals surface area contributed by atoms with Crippen molar-refractivity contribution in [2.24, 2.45) is 10.7 Å². The van der Waals surface area contributed by atoms with Crippen molar-refractivity contribution in [1.82, 2.24) is 9.38 Å². The van der Waals surface area contributed by atoms with E-state index in [2.05, 4.69) is 25.9 Å². The van der Waals surface area contributed by atoms with Gasteiger partial charge in [-0.2, -0.15) is 13.2 Å². The van der Waals surface area contributed by atoms with Gasteiger partial charge in [-0.3, -0.25) is 14.2 Å². The third-order valence-corrected chi connectivity index (χ3v) is 4.45. The van der Waals surface area contributed by atoms with Crippen LogP contribution < -0.4 is 5.73 Å². The minimum absolute atomic E-state index is 0.387. The monoisotopic (exact) mass is 426 g/mol. The molecule has 3 rings (SSSR count). The third kappa shape index (κ3) is 3.52. The van der Waals surface area contributed by atoms with E-state index in [1.165, 1.54) is 0 Å². The molecule has 0 atom stereocenters. The Morgan fingerprint density at radius 1 is 1.38 bits per heavy atom. The molecule has 9 heteroatoms. The number of imidazole rings is 1. The number of benzene rings is 1. The largest absolute Gasteiger partial charge is 0.393 e. The number of nitrogens with one attached hydrogen (secondary N) is 1. The summed E-state index contributed by atoms with van der Waals surface area (Å²) in [5.41, 5.74) is 9.02. The molecule has 2 aromatic heterocycles. The highest BCUT2D eigenvalue weighted by Gasteiger charge is 2.25. The van der Waals surface area contributed by atoms with Crippen molar-refractivity contribution < 1.29 is 18.0 Å². The van der Waals surface area contributed by atoms with Gasteiger partial charge in [0, 0.05) is 23.5 Å². The normalized spacial score (nSPS) is 12.3. The van der Waals surface area contributed by atoms with E-state index in [4.69, 9.17) is 5.73 Å². The van der Waals surface area contributed by atoms with Crippen LogP contribution in [0, 0.1) is 6.92 Å². The van der Waals surface area contributed by atoms with E-state index < -0.39 is 18.5 Å². The fraction of sp³-hybridized carbons (Fsp3) is 0.176. The predicted molar refractivity (Wildman–Crippen MR) is 97.0 cm³/mol. The van der Waals surface area contributed by atoms with Gasteiger partial charge in [-0.1, -0.05) is 6.07 Å². The Bertz CT molecular complexity index is 1020. The van der Waals surface area contributed by atoms with Gasteiger partial charge in [-0.25, -0.2) is 0 Å². The number of aromatic nitrogens is 2. The van der Waals surface area contributed by atoms with E-state index in [0.717, 1.165) is 23.0 Å². The molecule has 0 saturated heterocycles. The fourth-order valence-corrected chi connectivity index (χ4v) is 3.29. The number of alkyl halides is 3. The van der Waals surface area contributed by atoms with Crippen LogP contribution in [0.15, 0.2) is 40.1 Å². The molecule has 1 amide bonds. The maximum Gasteiger partial charge on any atom is 0.393 e. The van der Waals surface area contributed by atoms with Gasteiger partial charge in [-0.05, 0) is 46.6 Å². The average molecular weight is 427 g/mol. The van der Waals surface area contributed by atoms with Crippen LogP contribution >= 0.6 is 15.9 Å². The molecule has 136 valence electrons. The zero-order chi connectivity index (χ0) is 19.1. The van der Waals surface area contributed by atoms with Crippen LogP contribution in [-0.4, -0.2) is 27.7 Å². The summed E-state index contributed by atoms with van der Waals surface area (Å²) >= 11 is 3.41. The molecular formula is C17H14BrF3N4O. The summed E-state index contributed by atoms with van der Waals surface area (Å²) in [5.74, 6) is -0.503. The first kappa shape index (κ1) is 18.2. The Morgan fingerprint density at radius 3 is 2.73 bits per heavy atom. The quantitative estimate of drug-likeness (QED) is 0.579. The summed E-state index contributed by atoms with van der Waals surface area (Å²) in [5, 5.41) is 0. The number of carbonyl (C=O) groups is 1. The molecule has 3 N–H and O–H groups in total. The van der Waals surface area contributed by atoms with Crippen molar-refractivity contribution in [2.45, 2.75) is 19.5 Å². The summed E-state index contributed by atoms with van der Waals surface area (Å²) in [6, 6.07) is 6.86. The van der Waals surface area contributed by atoms with Crippen LogP contribution in [0.5, 0.6) is 0 Å². The van der Waals surface area contributed by atoms with E-state index in [0.29, 0.717) is 21.5 Å². The number of aryl methyl sites for hydroxylation is 1. The standard InChI is InChI=1S/C17H14BrF3N4O/c1-9-6-10(2-3-11(9)15(22)26)13-8-24-16-12(7-14(18)25(13)16)23-5-4-17(19,20)21/h2-3,5-8,24H,4H2,1H3,(H2,22,26). The van der Waals surface area contributed by atoms with E-state index in [1.807, 2.05) is 6.07 Å². The Morgan fingerprint density at radius 2 is 2.12 bits per heavy atom. The molecule has 26 heavy (non-hydrogen) atoms. The summed E-state index contributed by atoms with van der Waals surface area (Å²) < 4.78 is 39.3. The first-order valence-corrected chi connectivity index (χ1v) is 8.35. The molecule has 0 fully saturated rings. The second-order valence-electron chi connectivity index (χ2n) is 5.74. The lowest BCUT2D eigenvalue weighted by Crippen LogP contribution is -2.12. The second-order valence-corrected chi connectivity index (χ2v) is 6.55. The number of rotatable bonds is 4. The number of halogens is 4. The first-order chi connectivity index (χ1) is 12.2. The minimum Gasteiger partial charge on any atom is -0.366 e.